The second kappa shape index (κ2) is 9.35. The van der Waals surface area contributed by atoms with Crippen molar-refractivity contribution in [2.45, 2.75) is 38.6 Å². The van der Waals surface area contributed by atoms with Crippen molar-refractivity contribution in [3.63, 3.8) is 0 Å². The summed E-state index contributed by atoms with van der Waals surface area (Å²) in [6.45, 7) is 4.86. The Morgan fingerprint density at radius 3 is 2.59 bits per heavy atom. The highest BCUT2D eigenvalue weighted by Crippen LogP contribution is 2.44. The first-order valence-electron chi connectivity index (χ1n) is 10.2. The molecule has 2 aromatic carbocycles. The predicted octanol–water partition coefficient (Wildman–Crippen LogP) is 4.41. The van der Waals surface area contributed by atoms with E-state index in [1.807, 2.05) is 24.3 Å². The molecule has 4 rings (SSSR count). The predicted molar refractivity (Wildman–Crippen MR) is 121 cm³/mol. The molecule has 1 aromatic heterocycles. The molecule has 1 atom stereocenters. The van der Waals surface area contributed by atoms with Crippen LogP contribution in [0.1, 0.15) is 39.0 Å². The van der Waals surface area contributed by atoms with Gasteiger partial charge in [0.05, 0.1) is 11.3 Å². The van der Waals surface area contributed by atoms with Gasteiger partial charge in [-0.25, -0.2) is 0 Å². The van der Waals surface area contributed by atoms with E-state index in [9.17, 15) is 9.59 Å². The van der Waals surface area contributed by atoms with E-state index >= 15 is 0 Å². The number of anilines is 1. The number of esters is 1. The maximum absolute atomic E-state index is 12.9. The van der Waals surface area contributed by atoms with E-state index in [1.54, 1.807) is 24.3 Å². The fourth-order valence-corrected chi connectivity index (χ4v) is 4.07. The molecule has 0 spiro atoms. The lowest BCUT2D eigenvalue weighted by molar-refractivity contribution is -0.132. The average Bonchev–Trinajstić information content (AvgIpc) is 2.92. The van der Waals surface area contributed by atoms with Crippen molar-refractivity contribution in [3.05, 3.63) is 54.1 Å². The van der Waals surface area contributed by atoms with E-state index in [1.165, 1.54) is 30.5 Å². The lowest BCUT2D eigenvalue weighted by Crippen LogP contribution is -2.36. The van der Waals surface area contributed by atoms with Crippen LogP contribution in [-0.4, -0.2) is 32.8 Å². The molecule has 9 heteroatoms. The molecule has 8 nitrogen and oxygen atoms in total. The highest BCUT2D eigenvalue weighted by molar-refractivity contribution is 7.99. The minimum atomic E-state index is -0.925. The third-order valence-corrected chi connectivity index (χ3v) is 5.77. The highest BCUT2D eigenvalue weighted by atomic mass is 32.2. The molecule has 164 valence electrons. The molecule has 1 aliphatic heterocycles. The summed E-state index contributed by atoms with van der Waals surface area (Å²) >= 11 is 1.48. The lowest BCUT2D eigenvalue weighted by Gasteiger charge is -2.30. The van der Waals surface area contributed by atoms with Crippen molar-refractivity contribution in [1.29, 1.82) is 0 Å². The molecule has 0 saturated carbocycles. The van der Waals surface area contributed by atoms with Gasteiger partial charge in [-0.05, 0) is 24.6 Å². The Balaban J connectivity index is 1.92. The molecular weight excluding hydrogens is 428 g/mol. The summed E-state index contributed by atoms with van der Waals surface area (Å²) in [5.74, 6) is 0.692. The molecule has 0 N–H and O–H groups in total. The van der Waals surface area contributed by atoms with Crippen molar-refractivity contribution >= 4 is 29.3 Å². The maximum atomic E-state index is 12.9. The van der Waals surface area contributed by atoms with Gasteiger partial charge < -0.3 is 9.47 Å². The smallest absolute Gasteiger partial charge is 0.308 e. The van der Waals surface area contributed by atoms with Crippen LogP contribution in [0.3, 0.4) is 0 Å². The summed E-state index contributed by atoms with van der Waals surface area (Å²) in [5, 5.41) is 9.12. The van der Waals surface area contributed by atoms with E-state index in [2.05, 4.69) is 22.1 Å². The highest BCUT2D eigenvalue weighted by Gasteiger charge is 2.36. The summed E-state index contributed by atoms with van der Waals surface area (Å²) in [7, 11) is 0. The van der Waals surface area contributed by atoms with Crippen molar-refractivity contribution < 1.29 is 19.1 Å². The second-order valence-corrected chi connectivity index (χ2v) is 8.17. The normalized spacial score (nSPS) is 14.6. The minimum absolute atomic E-state index is 0.249. The SMILES string of the molecule is CCCSc1nnc2c(n1)O[C@@H](c1ccccc1OC(C)=O)N(C(C)=O)c1ccccc1-2. The van der Waals surface area contributed by atoms with E-state index in [0.29, 0.717) is 33.4 Å². The number of amides is 1. The summed E-state index contributed by atoms with van der Waals surface area (Å²) in [5.41, 5.74) is 2.24. The van der Waals surface area contributed by atoms with Gasteiger partial charge in [0.25, 0.3) is 0 Å². The van der Waals surface area contributed by atoms with Crippen LogP contribution in [0, 0.1) is 0 Å². The molecule has 32 heavy (non-hydrogen) atoms. The summed E-state index contributed by atoms with van der Waals surface area (Å²) in [6, 6.07) is 14.3. The van der Waals surface area contributed by atoms with Crippen LogP contribution in [-0.2, 0) is 9.59 Å². The van der Waals surface area contributed by atoms with E-state index in [0.717, 1.165) is 12.2 Å². The van der Waals surface area contributed by atoms with Gasteiger partial charge in [0, 0.05) is 25.2 Å². The standard InChI is InChI=1S/C23H22N4O4S/c1-4-13-32-23-24-21-20(25-26-23)16-9-5-7-11-18(16)27(14(2)28)22(31-21)17-10-6-8-12-19(17)30-15(3)29/h5-12,22H,4,13H2,1-3H3/t22-/m0/s1. The Morgan fingerprint density at radius 1 is 1.09 bits per heavy atom. The van der Waals surface area contributed by atoms with Gasteiger partial charge in [-0.15, -0.1) is 10.2 Å². The van der Waals surface area contributed by atoms with E-state index in [4.69, 9.17) is 9.47 Å². The average molecular weight is 451 g/mol. The first-order valence-corrected chi connectivity index (χ1v) is 11.2. The molecule has 1 aliphatic rings. The Labute approximate surface area is 190 Å². The van der Waals surface area contributed by atoms with Crippen molar-refractivity contribution in [3.8, 4) is 22.9 Å². The number of hydrogen-bond acceptors (Lipinski definition) is 8. The number of thioether (sulfide) groups is 1. The Kier molecular flexibility index (Phi) is 6.36. The fraction of sp³-hybridized carbons (Fsp3) is 0.261. The quantitative estimate of drug-likeness (QED) is 0.320. The van der Waals surface area contributed by atoms with Crippen molar-refractivity contribution in [2.75, 3.05) is 10.7 Å². The van der Waals surface area contributed by atoms with E-state index in [-0.39, 0.29) is 11.8 Å². The zero-order chi connectivity index (χ0) is 22.7. The van der Waals surface area contributed by atoms with Crippen molar-refractivity contribution in [1.82, 2.24) is 15.2 Å². The van der Waals surface area contributed by atoms with Gasteiger partial charge in [0.15, 0.2) is 5.69 Å². The van der Waals surface area contributed by atoms with Crippen LogP contribution in [0.25, 0.3) is 11.3 Å². The zero-order valence-corrected chi connectivity index (χ0v) is 18.8. The van der Waals surface area contributed by atoms with Gasteiger partial charge >= 0.3 is 5.97 Å². The summed E-state index contributed by atoms with van der Waals surface area (Å²) < 4.78 is 11.7. The van der Waals surface area contributed by atoms with E-state index < -0.39 is 12.2 Å². The van der Waals surface area contributed by atoms with Crippen LogP contribution in [0.15, 0.2) is 53.7 Å². The number of rotatable bonds is 5. The van der Waals surface area contributed by atoms with Crippen LogP contribution in [0.5, 0.6) is 11.6 Å². The van der Waals surface area contributed by atoms with Gasteiger partial charge in [-0.3, -0.25) is 14.5 Å². The first kappa shape index (κ1) is 21.8. The summed E-state index contributed by atoms with van der Waals surface area (Å²) in [6.07, 6.45) is 0.0388. The molecule has 0 aliphatic carbocycles. The van der Waals surface area contributed by atoms with Crippen LogP contribution in [0.2, 0.25) is 0 Å². The van der Waals surface area contributed by atoms with Gasteiger partial charge in [0.1, 0.15) is 5.75 Å². The fourth-order valence-electron chi connectivity index (χ4n) is 3.44. The largest absolute Gasteiger partial charge is 0.447 e. The molecule has 0 fully saturated rings. The number of hydrogen-bond donors (Lipinski definition) is 0. The molecule has 2 heterocycles. The summed E-state index contributed by atoms with van der Waals surface area (Å²) in [4.78, 5) is 30.7. The maximum Gasteiger partial charge on any atom is 0.308 e. The first-order chi connectivity index (χ1) is 15.5. The number of fused-ring (bicyclic) bond motifs is 3. The molecule has 0 unspecified atom stereocenters. The van der Waals surface area contributed by atoms with Crippen molar-refractivity contribution in [2.24, 2.45) is 0 Å². The molecule has 0 saturated heterocycles. The number of ether oxygens (including phenoxy) is 2. The van der Waals surface area contributed by atoms with Crippen LogP contribution < -0.4 is 14.4 Å². The third kappa shape index (κ3) is 4.29. The number of nitrogens with zero attached hydrogens (tertiary/aromatic N) is 4. The number of carbonyl (C=O) groups is 2. The second-order valence-electron chi connectivity index (χ2n) is 7.10. The molecular formula is C23H22N4O4S. The molecule has 1 amide bonds. The minimum Gasteiger partial charge on any atom is -0.447 e. The number of benzene rings is 2. The Hall–Kier alpha value is -3.46. The molecule has 0 radical (unpaired) electrons. The third-order valence-electron chi connectivity index (χ3n) is 4.73. The topological polar surface area (TPSA) is 94.5 Å². The Morgan fingerprint density at radius 2 is 1.84 bits per heavy atom. The van der Waals surface area contributed by atoms with Crippen LogP contribution in [0.4, 0.5) is 5.69 Å². The number of aromatic nitrogens is 3. The lowest BCUT2D eigenvalue weighted by atomic mass is 10.1. The van der Waals surface area contributed by atoms with Gasteiger partial charge in [-0.2, -0.15) is 4.98 Å². The van der Waals surface area contributed by atoms with Gasteiger partial charge in [-0.1, -0.05) is 49.0 Å². The van der Waals surface area contributed by atoms with Crippen LogP contribution >= 0.6 is 11.8 Å². The molecule has 3 aromatic rings. The number of para-hydroxylation sites is 2. The monoisotopic (exact) mass is 450 g/mol. The number of carbonyl (C=O) groups excluding carboxylic acids is 2. The Bertz CT molecular complexity index is 1170. The zero-order valence-electron chi connectivity index (χ0n) is 17.9. The molecule has 0 bridgehead atoms. The van der Waals surface area contributed by atoms with Gasteiger partial charge in [0.2, 0.25) is 23.2 Å².